The summed E-state index contributed by atoms with van der Waals surface area (Å²) in [5.74, 6) is 0.524. The smallest absolute Gasteiger partial charge is 0.338 e. The Morgan fingerprint density at radius 2 is 1.82 bits per heavy atom. The van der Waals surface area contributed by atoms with E-state index in [1.54, 1.807) is 42.9 Å². The molecule has 1 heterocycles. The highest BCUT2D eigenvalue weighted by molar-refractivity contribution is 7.89. The summed E-state index contributed by atoms with van der Waals surface area (Å²) in [5.41, 5.74) is 0.671. The lowest BCUT2D eigenvalue weighted by atomic mass is 10.2. The van der Waals surface area contributed by atoms with Gasteiger partial charge in [0, 0.05) is 7.05 Å². The minimum atomic E-state index is -3.90. The lowest BCUT2D eigenvalue weighted by molar-refractivity contribution is -0.119. The molecule has 0 bridgehead atoms. The molecule has 1 amide bonds. The fourth-order valence-corrected chi connectivity index (χ4v) is 4.09. The Balaban J connectivity index is 1.70. The van der Waals surface area contributed by atoms with Gasteiger partial charge < -0.3 is 10.1 Å². The zero-order chi connectivity index (χ0) is 24.9. The van der Waals surface area contributed by atoms with E-state index in [1.165, 1.54) is 22.9 Å². The summed E-state index contributed by atoms with van der Waals surface area (Å²) in [6.45, 7) is 0.787. The number of ether oxygens (including phenoxy) is 1. The van der Waals surface area contributed by atoms with E-state index < -0.39 is 34.1 Å². The molecule has 3 aromatic rings. The zero-order valence-corrected chi connectivity index (χ0v) is 19.3. The summed E-state index contributed by atoms with van der Waals surface area (Å²) < 4.78 is 34.5. The van der Waals surface area contributed by atoms with Crippen LogP contribution >= 0.6 is 0 Å². The van der Waals surface area contributed by atoms with Crippen LogP contribution in [0.2, 0.25) is 0 Å². The molecule has 0 aliphatic carbocycles. The monoisotopic (exact) mass is 482 g/mol. The second kappa shape index (κ2) is 10.2. The third-order valence-corrected chi connectivity index (χ3v) is 6.30. The van der Waals surface area contributed by atoms with Crippen molar-refractivity contribution >= 4 is 27.6 Å². The number of rotatable bonds is 8. The maximum Gasteiger partial charge on any atom is 0.338 e. The third kappa shape index (κ3) is 5.25. The number of carbonyl (C=O) groups excluding carboxylic acids is 2. The van der Waals surface area contributed by atoms with Crippen molar-refractivity contribution < 1.29 is 22.7 Å². The van der Waals surface area contributed by atoms with E-state index in [4.69, 9.17) is 11.2 Å². The first kappa shape index (κ1) is 24.5. The lowest BCUT2D eigenvalue weighted by Gasteiger charge is -2.08. The van der Waals surface area contributed by atoms with E-state index in [9.17, 15) is 22.8 Å². The van der Waals surface area contributed by atoms with Gasteiger partial charge in [0.2, 0.25) is 10.0 Å². The van der Waals surface area contributed by atoms with Gasteiger partial charge in [0.1, 0.15) is 5.69 Å². The van der Waals surface area contributed by atoms with E-state index in [0.29, 0.717) is 11.4 Å². The number of amides is 1. The van der Waals surface area contributed by atoms with Crippen molar-refractivity contribution in [3.8, 4) is 18.0 Å². The van der Waals surface area contributed by atoms with Crippen LogP contribution in [0.5, 0.6) is 0 Å². The number of carbonyl (C=O) groups is 2. The van der Waals surface area contributed by atoms with E-state index in [2.05, 4.69) is 16.0 Å². The van der Waals surface area contributed by atoms with Crippen molar-refractivity contribution in [1.29, 1.82) is 0 Å². The highest BCUT2D eigenvalue weighted by atomic mass is 32.2. The van der Waals surface area contributed by atoms with Crippen molar-refractivity contribution in [2.75, 3.05) is 18.5 Å². The Morgan fingerprint density at radius 3 is 2.50 bits per heavy atom. The fraction of sp³-hybridized carbons (Fsp3) is 0.174. The lowest BCUT2D eigenvalue weighted by Crippen LogP contribution is -2.26. The van der Waals surface area contributed by atoms with Crippen LogP contribution in [0.15, 0.2) is 64.3 Å². The van der Waals surface area contributed by atoms with Crippen LogP contribution in [0.25, 0.3) is 5.69 Å². The minimum Gasteiger partial charge on any atom is -0.452 e. The highest BCUT2D eigenvalue weighted by Crippen LogP contribution is 2.15. The van der Waals surface area contributed by atoms with Gasteiger partial charge in [-0.05, 0) is 37.3 Å². The maximum absolute atomic E-state index is 12.9. The molecule has 0 aliphatic rings. The molecule has 0 aliphatic heterocycles. The summed E-state index contributed by atoms with van der Waals surface area (Å²) >= 11 is 0. The Hall–Kier alpha value is -4.14. The topological polar surface area (TPSA) is 128 Å². The first-order valence-electron chi connectivity index (χ1n) is 10.00. The quantitative estimate of drug-likeness (QED) is 0.367. The molecular weight excluding hydrogens is 460 g/mol. The number of para-hydroxylation sites is 1. The summed E-state index contributed by atoms with van der Waals surface area (Å²) in [4.78, 5) is 37.4. The van der Waals surface area contributed by atoms with Gasteiger partial charge in [-0.1, -0.05) is 30.2 Å². The molecule has 11 heteroatoms. The Kier molecular flexibility index (Phi) is 7.35. The van der Waals surface area contributed by atoms with Crippen LogP contribution in [0.3, 0.4) is 0 Å². The predicted octanol–water partition coefficient (Wildman–Crippen LogP) is 1.19. The molecule has 2 N–H and O–H groups in total. The van der Waals surface area contributed by atoms with Gasteiger partial charge in [0.05, 0.1) is 28.4 Å². The molecule has 0 unspecified atom stereocenters. The minimum absolute atomic E-state index is 0.0556. The number of sulfonamides is 1. The molecule has 0 saturated carbocycles. The van der Waals surface area contributed by atoms with Crippen LogP contribution in [0.4, 0.5) is 5.69 Å². The SMILES string of the molecule is C#CCNS(=O)(=O)c1cccc(C(=O)OCC(=O)Nc2c(C)n(C)n(-c3ccccc3)c2=O)c1. The summed E-state index contributed by atoms with van der Waals surface area (Å²) in [6.07, 6.45) is 5.06. The number of nitrogens with one attached hydrogen (secondary N) is 2. The number of anilines is 1. The van der Waals surface area contributed by atoms with Crippen LogP contribution in [0, 0.1) is 19.3 Å². The molecule has 0 fully saturated rings. The van der Waals surface area contributed by atoms with Crippen molar-refractivity contribution in [2.24, 2.45) is 7.05 Å². The van der Waals surface area contributed by atoms with Crippen molar-refractivity contribution in [1.82, 2.24) is 14.1 Å². The van der Waals surface area contributed by atoms with Crippen LogP contribution in [-0.2, 0) is 26.6 Å². The van der Waals surface area contributed by atoms with Crippen LogP contribution < -0.4 is 15.6 Å². The molecular formula is C23H22N4O6S. The van der Waals surface area contributed by atoms with Gasteiger partial charge >= 0.3 is 5.97 Å². The fourth-order valence-electron chi connectivity index (χ4n) is 3.11. The number of nitrogens with zero attached hydrogens (tertiary/aromatic N) is 2. The van der Waals surface area contributed by atoms with E-state index >= 15 is 0 Å². The van der Waals surface area contributed by atoms with E-state index in [1.807, 2.05) is 6.07 Å². The molecule has 0 saturated heterocycles. The van der Waals surface area contributed by atoms with Crippen molar-refractivity contribution in [3.63, 3.8) is 0 Å². The Morgan fingerprint density at radius 1 is 1.12 bits per heavy atom. The van der Waals surface area contributed by atoms with Crippen molar-refractivity contribution in [2.45, 2.75) is 11.8 Å². The first-order valence-corrected chi connectivity index (χ1v) is 11.5. The number of terminal acetylenes is 1. The molecule has 0 radical (unpaired) electrons. The van der Waals surface area contributed by atoms with Gasteiger partial charge in [0.25, 0.3) is 11.5 Å². The number of hydrogen-bond donors (Lipinski definition) is 2. The molecule has 0 spiro atoms. The van der Waals surface area contributed by atoms with Gasteiger partial charge in [-0.2, -0.15) is 4.72 Å². The van der Waals surface area contributed by atoms with Gasteiger partial charge in [-0.3, -0.25) is 14.3 Å². The standard InChI is InChI=1S/C23H22N4O6S/c1-4-13-24-34(31,32)19-12-8-9-17(14-19)23(30)33-15-20(28)25-21-16(2)26(3)27(22(21)29)18-10-6-5-7-11-18/h1,5-12,14,24H,13,15H2,2-3H3,(H,25,28). The van der Waals surface area contributed by atoms with Crippen molar-refractivity contribution in [3.05, 3.63) is 76.2 Å². The summed E-state index contributed by atoms with van der Waals surface area (Å²) in [6, 6.07) is 14.0. The molecule has 176 valence electrons. The Bertz CT molecular complexity index is 1430. The molecule has 1 aromatic heterocycles. The number of aromatic nitrogens is 2. The van der Waals surface area contributed by atoms with E-state index in [0.717, 1.165) is 6.07 Å². The summed E-state index contributed by atoms with van der Waals surface area (Å²) in [7, 11) is -2.22. The summed E-state index contributed by atoms with van der Waals surface area (Å²) in [5, 5.41) is 2.48. The zero-order valence-electron chi connectivity index (χ0n) is 18.4. The molecule has 3 rings (SSSR count). The highest BCUT2D eigenvalue weighted by Gasteiger charge is 2.20. The number of hydrogen-bond acceptors (Lipinski definition) is 6. The number of benzene rings is 2. The van der Waals surface area contributed by atoms with Gasteiger partial charge in [-0.15, -0.1) is 6.42 Å². The number of esters is 1. The molecule has 2 aromatic carbocycles. The molecule has 10 nitrogen and oxygen atoms in total. The maximum atomic E-state index is 12.9. The average molecular weight is 483 g/mol. The van der Waals surface area contributed by atoms with Crippen LogP contribution in [0.1, 0.15) is 16.1 Å². The largest absolute Gasteiger partial charge is 0.452 e. The second-order valence-electron chi connectivity index (χ2n) is 7.12. The second-order valence-corrected chi connectivity index (χ2v) is 8.88. The average Bonchev–Trinajstić information content (AvgIpc) is 3.04. The Labute approximate surface area is 196 Å². The normalized spacial score (nSPS) is 11.0. The molecule has 34 heavy (non-hydrogen) atoms. The predicted molar refractivity (Wildman–Crippen MR) is 125 cm³/mol. The van der Waals surface area contributed by atoms with Gasteiger partial charge in [0.15, 0.2) is 6.61 Å². The van der Waals surface area contributed by atoms with Gasteiger partial charge in [-0.25, -0.2) is 17.9 Å². The first-order chi connectivity index (χ1) is 16.2. The van der Waals surface area contributed by atoms with E-state index in [-0.39, 0.29) is 22.7 Å². The third-order valence-electron chi connectivity index (χ3n) is 4.90. The molecule has 0 atom stereocenters. The van der Waals surface area contributed by atoms with Crippen LogP contribution in [-0.4, -0.2) is 42.8 Å².